The highest BCUT2D eigenvalue weighted by molar-refractivity contribution is 4.75. The normalized spacial score (nSPS) is 23.6. The van der Waals surface area contributed by atoms with E-state index >= 15 is 0 Å². The van der Waals surface area contributed by atoms with E-state index < -0.39 is 0 Å². The third-order valence-corrected chi connectivity index (χ3v) is 3.00. The van der Waals surface area contributed by atoms with E-state index in [-0.39, 0.29) is 0 Å². The summed E-state index contributed by atoms with van der Waals surface area (Å²) in [4.78, 5) is 2.51. The van der Waals surface area contributed by atoms with E-state index in [9.17, 15) is 0 Å². The van der Waals surface area contributed by atoms with Crippen LogP contribution in [0.25, 0.3) is 0 Å². The summed E-state index contributed by atoms with van der Waals surface area (Å²) in [5.74, 6) is 0.753. The number of ether oxygens (including phenoxy) is 1. The molecule has 1 rings (SSSR count). The average molecular weight is 214 g/mol. The van der Waals surface area contributed by atoms with Gasteiger partial charge in [0.15, 0.2) is 0 Å². The summed E-state index contributed by atoms with van der Waals surface area (Å²) in [5.41, 5.74) is 0. The van der Waals surface area contributed by atoms with Gasteiger partial charge in [0, 0.05) is 38.8 Å². The molecule has 1 saturated heterocycles. The molecule has 0 aromatic heterocycles. The van der Waals surface area contributed by atoms with E-state index in [1.165, 1.54) is 6.42 Å². The number of piperazine rings is 1. The summed E-state index contributed by atoms with van der Waals surface area (Å²) < 4.78 is 5.63. The fraction of sp³-hybridized carbons (Fsp3) is 1.00. The highest BCUT2D eigenvalue weighted by atomic mass is 16.5. The Morgan fingerprint density at radius 1 is 1.40 bits per heavy atom. The van der Waals surface area contributed by atoms with Gasteiger partial charge in [0.25, 0.3) is 0 Å². The van der Waals surface area contributed by atoms with Crippen LogP contribution >= 0.6 is 0 Å². The zero-order valence-corrected chi connectivity index (χ0v) is 10.5. The highest BCUT2D eigenvalue weighted by Gasteiger charge is 2.16. The Bertz CT molecular complexity index is 162. The van der Waals surface area contributed by atoms with Crippen LogP contribution in [0.4, 0.5) is 0 Å². The molecule has 0 amide bonds. The van der Waals surface area contributed by atoms with Crippen molar-refractivity contribution >= 4 is 0 Å². The molecule has 0 spiro atoms. The smallest absolute Gasteiger partial charge is 0.0593 e. The van der Waals surface area contributed by atoms with Crippen molar-refractivity contribution in [3.63, 3.8) is 0 Å². The predicted molar refractivity (Wildman–Crippen MR) is 64.2 cm³/mol. The minimum Gasteiger partial charge on any atom is -0.380 e. The second kappa shape index (κ2) is 7.20. The molecule has 1 unspecified atom stereocenters. The van der Waals surface area contributed by atoms with Crippen LogP contribution in [-0.2, 0) is 4.74 Å². The first kappa shape index (κ1) is 12.9. The van der Waals surface area contributed by atoms with Crippen LogP contribution in [-0.4, -0.2) is 50.3 Å². The van der Waals surface area contributed by atoms with E-state index in [2.05, 4.69) is 31.0 Å². The lowest BCUT2D eigenvalue weighted by molar-refractivity contribution is 0.0759. The largest absolute Gasteiger partial charge is 0.380 e. The summed E-state index contributed by atoms with van der Waals surface area (Å²) in [6, 6.07) is 0.660. The molecule has 1 aliphatic heterocycles. The number of hydrogen-bond acceptors (Lipinski definition) is 3. The standard InChI is InChI=1S/C12H26N2O/c1-11(2)4-8-15-9-7-14-6-5-13-10-12(14)3/h11-13H,4-10H2,1-3H3. The van der Waals surface area contributed by atoms with Gasteiger partial charge in [-0.2, -0.15) is 0 Å². The zero-order valence-electron chi connectivity index (χ0n) is 10.5. The van der Waals surface area contributed by atoms with Crippen LogP contribution in [0.15, 0.2) is 0 Å². The molecular formula is C12H26N2O. The maximum atomic E-state index is 5.63. The van der Waals surface area contributed by atoms with E-state index in [1.807, 2.05) is 0 Å². The maximum Gasteiger partial charge on any atom is 0.0593 e. The lowest BCUT2D eigenvalue weighted by Gasteiger charge is -2.33. The van der Waals surface area contributed by atoms with Crippen molar-refractivity contribution in [2.24, 2.45) is 5.92 Å². The molecule has 1 heterocycles. The van der Waals surface area contributed by atoms with E-state index in [4.69, 9.17) is 4.74 Å². The Morgan fingerprint density at radius 3 is 2.87 bits per heavy atom. The van der Waals surface area contributed by atoms with Gasteiger partial charge in [0.05, 0.1) is 6.61 Å². The Balaban J connectivity index is 1.99. The number of rotatable bonds is 6. The molecule has 0 aromatic rings. The number of nitrogens with zero attached hydrogens (tertiary/aromatic N) is 1. The Morgan fingerprint density at radius 2 is 2.20 bits per heavy atom. The van der Waals surface area contributed by atoms with Gasteiger partial charge >= 0.3 is 0 Å². The van der Waals surface area contributed by atoms with Crippen LogP contribution in [0, 0.1) is 5.92 Å². The summed E-state index contributed by atoms with van der Waals surface area (Å²) >= 11 is 0. The van der Waals surface area contributed by atoms with Crippen LogP contribution < -0.4 is 5.32 Å². The van der Waals surface area contributed by atoms with E-state index in [0.717, 1.165) is 45.3 Å². The molecule has 3 nitrogen and oxygen atoms in total. The highest BCUT2D eigenvalue weighted by Crippen LogP contribution is 2.02. The van der Waals surface area contributed by atoms with Gasteiger partial charge in [0.1, 0.15) is 0 Å². The molecule has 0 radical (unpaired) electrons. The topological polar surface area (TPSA) is 24.5 Å². The van der Waals surface area contributed by atoms with E-state index in [0.29, 0.717) is 6.04 Å². The second-order valence-corrected chi connectivity index (χ2v) is 4.88. The summed E-state index contributed by atoms with van der Waals surface area (Å²) in [5, 5.41) is 3.40. The predicted octanol–water partition coefficient (Wildman–Crippen LogP) is 1.34. The Hall–Kier alpha value is -0.120. The molecule has 90 valence electrons. The minimum absolute atomic E-state index is 0.660. The first-order valence-corrected chi connectivity index (χ1v) is 6.22. The maximum absolute atomic E-state index is 5.63. The van der Waals surface area contributed by atoms with Gasteiger partial charge in [0.2, 0.25) is 0 Å². The first-order valence-electron chi connectivity index (χ1n) is 6.22. The Labute approximate surface area is 94.2 Å². The fourth-order valence-electron chi connectivity index (χ4n) is 1.82. The minimum atomic E-state index is 0.660. The lowest BCUT2D eigenvalue weighted by atomic mass is 10.1. The molecule has 1 atom stereocenters. The molecule has 1 N–H and O–H groups in total. The molecule has 0 aromatic carbocycles. The van der Waals surface area contributed by atoms with Crippen LogP contribution in [0.3, 0.4) is 0 Å². The van der Waals surface area contributed by atoms with Crippen molar-refractivity contribution < 1.29 is 4.74 Å². The fourth-order valence-corrected chi connectivity index (χ4v) is 1.82. The first-order chi connectivity index (χ1) is 7.20. The summed E-state index contributed by atoms with van der Waals surface area (Å²) in [6.07, 6.45) is 1.18. The second-order valence-electron chi connectivity index (χ2n) is 4.88. The number of nitrogens with one attached hydrogen (secondary N) is 1. The third-order valence-electron chi connectivity index (χ3n) is 3.00. The SMILES string of the molecule is CC(C)CCOCCN1CCNCC1C. The van der Waals surface area contributed by atoms with Crippen LogP contribution in [0.1, 0.15) is 27.2 Å². The van der Waals surface area contributed by atoms with Crippen molar-refractivity contribution in [2.75, 3.05) is 39.4 Å². The Kier molecular flexibility index (Phi) is 6.22. The molecule has 0 bridgehead atoms. The van der Waals surface area contributed by atoms with Gasteiger partial charge in [-0.1, -0.05) is 13.8 Å². The average Bonchev–Trinajstić information content (AvgIpc) is 2.20. The van der Waals surface area contributed by atoms with Gasteiger partial charge in [-0.15, -0.1) is 0 Å². The number of hydrogen-bond donors (Lipinski definition) is 1. The van der Waals surface area contributed by atoms with Crippen molar-refractivity contribution in [3.8, 4) is 0 Å². The zero-order chi connectivity index (χ0) is 11.1. The van der Waals surface area contributed by atoms with Crippen LogP contribution in [0.2, 0.25) is 0 Å². The quantitative estimate of drug-likeness (QED) is 0.675. The molecule has 1 aliphatic rings. The van der Waals surface area contributed by atoms with Crippen LogP contribution in [0.5, 0.6) is 0 Å². The van der Waals surface area contributed by atoms with Gasteiger partial charge < -0.3 is 10.1 Å². The molecule has 1 fully saturated rings. The van der Waals surface area contributed by atoms with Gasteiger partial charge in [-0.3, -0.25) is 4.90 Å². The molecule has 0 saturated carbocycles. The molecule has 0 aliphatic carbocycles. The molecular weight excluding hydrogens is 188 g/mol. The lowest BCUT2D eigenvalue weighted by Crippen LogP contribution is -2.50. The van der Waals surface area contributed by atoms with Gasteiger partial charge in [-0.05, 0) is 19.3 Å². The van der Waals surface area contributed by atoms with Crippen molar-refractivity contribution in [1.82, 2.24) is 10.2 Å². The van der Waals surface area contributed by atoms with Crippen molar-refractivity contribution in [1.29, 1.82) is 0 Å². The van der Waals surface area contributed by atoms with Crippen molar-refractivity contribution in [2.45, 2.75) is 33.2 Å². The molecule has 3 heteroatoms. The van der Waals surface area contributed by atoms with E-state index in [1.54, 1.807) is 0 Å². The molecule has 15 heavy (non-hydrogen) atoms. The monoisotopic (exact) mass is 214 g/mol. The van der Waals surface area contributed by atoms with Gasteiger partial charge in [-0.25, -0.2) is 0 Å². The van der Waals surface area contributed by atoms with Crippen molar-refractivity contribution in [3.05, 3.63) is 0 Å². The summed E-state index contributed by atoms with van der Waals surface area (Å²) in [7, 11) is 0. The summed E-state index contributed by atoms with van der Waals surface area (Å²) in [6.45, 7) is 13.0. The third kappa shape index (κ3) is 5.50.